The number of carbonyl (C=O) groups excluding carboxylic acids is 1. The van der Waals surface area contributed by atoms with E-state index in [0.717, 1.165) is 28.3 Å². The van der Waals surface area contributed by atoms with Gasteiger partial charge in [0.2, 0.25) is 11.8 Å². The summed E-state index contributed by atoms with van der Waals surface area (Å²) in [7, 11) is -4.29. The fraction of sp³-hybridized carbons (Fsp3) is 0.250. The lowest BCUT2D eigenvalue weighted by molar-refractivity contribution is 0.0498. The fourth-order valence-corrected chi connectivity index (χ4v) is 5.37. The van der Waals surface area contributed by atoms with Crippen molar-refractivity contribution in [1.29, 1.82) is 0 Å². The lowest BCUT2D eigenvalue weighted by atomic mass is 10.00. The normalized spacial score (nSPS) is 12.2. The van der Waals surface area contributed by atoms with Crippen molar-refractivity contribution in [2.45, 2.75) is 51.2 Å². The molecule has 1 heterocycles. The molecule has 11 nitrogen and oxygen atoms in total. The summed E-state index contributed by atoms with van der Waals surface area (Å²) in [6.07, 6.45) is -1.36. The SMILES string of the molecule is Cc1cccc(C)c1-c1cc(O[C@H](CNC(=O)OC(C)(C)C)c2ccccc2)nc(NS(=O)(=O)c2cccc(C(=O)O)c2)n1. The maximum atomic E-state index is 13.3. The summed E-state index contributed by atoms with van der Waals surface area (Å²) >= 11 is 0. The monoisotopic (exact) mass is 618 g/mol. The average molecular weight is 619 g/mol. The summed E-state index contributed by atoms with van der Waals surface area (Å²) in [6.45, 7) is 9.11. The van der Waals surface area contributed by atoms with Gasteiger partial charge < -0.3 is 19.9 Å². The summed E-state index contributed by atoms with van der Waals surface area (Å²) in [5.74, 6) is -1.51. The Morgan fingerprint density at radius 2 is 1.57 bits per heavy atom. The van der Waals surface area contributed by atoms with E-state index < -0.39 is 33.8 Å². The molecule has 0 radical (unpaired) electrons. The van der Waals surface area contributed by atoms with Crippen molar-refractivity contribution >= 4 is 28.0 Å². The van der Waals surface area contributed by atoms with E-state index in [1.807, 2.05) is 62.4 Å². The second kappa shape index (κ2) is 13.1. The van der Waals surface area contributed by atoms with Crippen molar-refractivity contribution in [3.05, 3.63) is 101 Å². The number of aromatic carboxylic acids is 1. The molecule has 4 aromatic rings. The van der Waals surface area contributed by atoms with E-state index in [-0.39, 0.29) is 28.8 Å². The van der Waals surface area contributed by atoms with Gasteiger partial charge in [-0.1, -0.05) is 54.6 Å². The number of benzene rings is 3. The number of amides is 1. The Morgan fingerprint density at radius 3 is 2.20 bits per heavy atom. The van der Waals surface area contributed by atoms with Crippen LogP contribution in [-0.2, 0) is 14.8 Å². The molecule has 0 aliphatic heterocycles. The molecule has 1 atom stereocenters. The first kappa shape index (κ1) is 32.0. The zero-order valence-electron chi connectivity index (χ0n) is 25.0. The minimum absolute atomic E-state index is 0.0185. The molecule has 0 fully saturated rings. The molecular formula is C32H34N4O7S. The molecule has 0 bridgehead atoms. The zero-order chi connectivity index (χ0) is 32.1. The smallest absolute Gasteiger partial charge is 0.407 e. The number of hydrogen-bond donors (Lipinski definition) is 3. The molecule has 44 heavy (non-hydrogen) atoms. The first-order valence-corrected chi connectivity index (χ1v) is 15.2. The number of aromatic nitrogens is 2. The van der Waals surface area contributed by atoms with Gasteiger partial charge in [0.15, 0.2) is 0 Å². The van der Waals surface area contributed by atoms with Crippen LogP contribution in [0, 0.1) is 13.8 Å². The van der Waals surface area contributed by atoms with Crippen LogP contribution < -0.4 is 14.8 Å². The van der Waals surface area contributed by atoms with Crippen LogP contribution in [0.2, 0.25) is 0 Å². The van der Waals surface area contributed by atoms with Gasteiger partial charge in [-0.2, -0.15) is 4.98 Å². The van der Waals surface area contributed by atoms with Gasteiger partial charge in [-0.3, -0.25) is 0 Å². The number of nitrogens with one attached hydrogen (secondary N) is 2. The minimum Gasteiger partial charge on any atom is -0.478 e. The maximum absolute atomic E-state index is 13.3. The number of carbonyl (C=O) groups is 2. The molecule has 1 aromatic heterocycles. The number of alkyl carbamates (subject to hydrolysis) is 1. The molecule has 3 N–H and O–H groups in total. The number of sulfonamides is 1. The highest BCUT2D eigenvalue weighted by atomic mass is 32.2. The number of ether oxygens (including phenoxy) is 2. The second-order valence-corrected chi connectivity index (χ2v) is 12.7. The molecule has 0 aliphatic carbocycles. The number of aryl methyl sites for hydroxylation is 2. The predicted octanol–water partition coefficient (Wildman–Crippen LogP) is 5.90. The Hall–Kier alpha value is -4.97. The molecule has 0 unspecified atom stereocenters. The van der Waals surface area contributed by atoms with E-state index in [0.29, 0.717) is 5.69 Å². The third-order valence-electron chi connectivity index (χ3n) is 6.32. The molecule has 4 rings (SSSR count). The van der Waals surface area contributed by atoms with E-state index in [9.17, 15) is 23.1 Å². The Morgan fingerprint density at radius 1 is 0.909 bits per heavy atom. The molecule has 0 saturated heterocycles. The van der Waals surface area contributed by atoms with Crippen LogP contribution >= 0.6 is 0 Å². The van der Waals surface area contributed by atoms with Gasteiger partial charge in [0, 0.05) is 11.6 Å². The Balaban J connectivity index is 1.75. The average Bonchev–Trinajstić information content (AvgIpc) is 2.94. The van der Waals surface area contributed by atoms with E-state index in [4.69, 9.17) is 9.47 Å². The number of carboxylic acid groups (broad SMARTS) is 1. The number of rotatable bonds is 10. The van der Waals surface area contributed by atoms with Gasteiger partial charge in [0.1, 0.15) is 11.7 Å². The van der Waals surface area contributed by atoms with Gasteiger partial charge in [-0.05, 0) is 69.5 Å². The summed E-state index contributed by atoms with van der Waals surface area (Å²) in [5.41, 5.74) is 2.78. The van der Waals surface area contributed by atoms with Crippen LogP contribution in [0.5, 0.6) is 5.88 Å². The third-order valence-corrected chi connectivity index (χ3v) is 7.65. The van der Waals surface area contributed by atoms with Crippen molar-refractivity contribution in [3.63, 3.8) is 0 Å². The highest BCUT2D eigenvalue weighted by Crippen LogP contribution is 2.31. The van der Waals surface area contributed by atoms with E-state index in [2.05, 4.69) is 20.0 Å². The van der Waals surface area contributed by atoms with Crippen molar-refractivity contribution in [1.82, 2.24) is 15.3 Å². The molecule has 0 saturated carbocycles. The van der Waals surface area contributed by atoms with Gasteiger partial charge in [0.05, 0.1) is 22.7 Å². The van der Waals surface area contributed by atoms with Gasteiger partial charge >= 0.3 is 12.1 Å². The zero-order valence-corrected chi connectivity index (χ0v) is 25.8. The van der Waals surface area contributed by atoms with Crippen molar-refractivity contribution in [2.75, 3.05) is 11.3 Å². The number of hydrogen-bond acceptors (Lipinski definition) is 8. The van der Waals surface area contributed by atoms with Crippen molar-refractivity contribution < 1.29 is 32.6 Å². The standard InChI is InChI=1S/C32H34N4O7S/c1-20-11-9-12-21(2)28(20)25-18-27(35-30(34-25)36-44(40,41)24-16-10-15-23(17-24)29(37)38)42-26(22-13-7-6-8-14-22)19-33-31(39)43-32(3,4)5/h6-18,26H,19H2,1-5H3,(H,33,39)(H,37,38)(H,34,35,36)/t26-/m1/s1. The summed E-state index contributed by atoms with van der Waals surface area (Å²) in [5, 5.41) is 12.1. The van der Waals surface area contributed by atoms with E-state index >= 15 is 0 Å². The number of carboxylic acids is 1. The second-order valence-electron chi connectivity index (χ2n) is 11.0. The Labute approximate surface area is 256 Å². The fourth-order valence-electron chi connectivity index (χ4n) is 4.38. The van der Waals surface area contributed by atoms with E-state index in [1.165, 1.54) is 18.2 Å². The Bertz CT molecular complexity index is 1750. The molecule has 0 aliphatic rings. The molecule has 0 spiro atoms. The quantitative estimate of drug-likeness (QED) is 0.197. The summed E-state index contributed by atoms with van der Waals surface area (Å²) in [4.78, 5) is 32.5. The molecule has 230 valence electrons. The third kappa shape index (κ3) is 8.32. The van der Waals surface area contributed by atoms with Gasteiger partial charge in [-0.15, -0.1) is 0 Å². The molecule has 3 aromatic carbocycles. The van der Waals surface area contributed by atoms with Crippen molar-refractivity contribution in [3.8, 4) is 17.1 Å². The highest BCUT2D eigenvalue weighted by molar-refractivity contribution is 7.92. The first-order chi connectivity index (χ1) is 20.7. The number of anilines is 1. The lowest BCUT2D eigenvalue weighted by Crippen LogP contribution is -2.36. The molecule has 1 amide bonds. The largest absolute Gasteiger partial charge is 0.478 e. The first-order valence-electron chi connectivity index (χ1n) is 13.7. The van der Waals surface area contributed by atoms with Crippen LogP contribution in [0.4, 0.5) is 10.7 Å². The molecular weight excluding hydrogens is 584 g/mol. The number of nitrogens with zero attached hydrogens (tertiary/aromatic N) is 2. The van der Waals surface area contributed by atoms with Gasteiger partial charge in [0.25, 0.3) is 10.0 Å². The summed E-state index contributed by atoms with van der Waals surface area (Å²) in [6, 6.07) is 21.4. The van der Waals surface area contributed by atoms with Crippen LogP contribution in [-0.4, -0.2) is 47.7 Å². The van der Waals surface area contributed by atoms with Crippen LogP contribution in [0.15, 0.2) is 83.8 Å². The topological polar surface area (TPSA) is 157 Å². The van der Waals surface area contributed by atoms with Gasteiger partial charge in [-0.25, -0.2) is 27.7 Å². The van der Waals surface area contributed by atoms with E-state index in [1.54, 1.807) is 26.8 Å². The Kier molecular flexibility index (Phi) is 9.53. The minimum atomic E-state index is -4.29. The van der Waals surface area contributed by atoms with Crippen LogP contribution in [0.1, 0.15) is 53.9 Å². The van der Waals surface area contributed by atoms with Crippen LogP contribution in [0.3, 0.4) is 0 Å². The van der Waals surface area contributed by atoms with Crippen LogP contribution in [0.25, 0.3) is 11.3 Å². The highest BCUT2D eigenvalue weighted by Gasteiger charge is 2.23. The van der Waals surface area contributed by atoms with Crippen molar-refractivity contribution in [2.24, 2.45) is 0 Å². The predicted molar refractivity (Wildman–Crippen MR) is 165 cm³/mol. The summed E-state index contributed by atoms with van der Waals surface area (Å²) < 4.78 is 40.7. The molecule has 12 heteroatoms. The lowest BCUT2D eigenvalue weighted by Gasteiger charge is -2.23. The maximum Gasteiger partial charge on any atom is 0.407 e.